The maximum Gasteiger partial charge on any atom is 0.266 e. The zero-order chi connectivity index (χ0) is 13.0. The Balaban J connectivity index is 2.04. The molecule has 18 heavy (non-hydrogen) atoms. The molecule has 0 aliphatic carbocycles. The fraction of sp³-hybridized carbons (Fsp3) is 0.500. The van der Waals surface area contributed by atoms with Crippen LogP contribution < -0.4 is 0 Å². The van der Waals surface area contributed by atoms with Crippen LogP contribution in [0.4, 0.5) is 0 Å². The van der Waals surface area contributed by atoms with Gasteiger partial charge in [-0.2, -0.15) is 8.42 Å². The molecular formula is C12H17NO4S. The highest BCUT2D eigenvalue weighted by molar-refractivity contribution is 7.86. The monoisotopic (exact) mass is 271 g/mol. The van der Waals surface area contributed by atoms with Gasteiger partial charge in [-0.3, -0.25) is 4.90 Å². The Morgan fingerprint density at radius 2 is 2.11 bits per heavy atom. The van der Waals surface area contributed by atoms with E-state index in [4.69, 9.17) is 8.92 Å². The minimum atomic E-state index is -3.47. The van der Waals surface area contributed by atoms with Gasteiger partial charge in [-0.1, -0.05) is 30.3 Å². The molecule has 1 atom stereocenters. The van der Waals surface area contributed by atoms with E-state index >= 15 is 0 Å². The summed E-state index contributed by atoms with van der Waals surface area (Å²) in [5, 5.41) is 0. The highest BCUT2D eigenvalue weighted by atomic mass is 32.2. The van der Waals surface area contributed by atoms with Crippen molar-refractivity contribution in [1.29, 1.82) is 0 Å². The maximum absolute atomic E-state index is 11.2. The van der Waals surface area contributed by atoms with Crippen LogP contribution in [0.5, 0.6) is 0 Å². The van der Waals surface area contributed by atoms with Crippen LogP contribution in [0.25, 0.3) is 0 Å². The van der Waals surface area contributed by atoms with Gasteiger partial charge in [0.05, 0.1) is 19.5 Å². The number of hydrogen-bond donors (Lipinski definition) is 0. The predicted octanol–water partition coefficient (Wildman–Crippen LogP) is 0.821. The molecule has 0 N–H and O–H groups in total. The van der Waals surface area contributed by atoms with Gasteiger partial charge >= 0.3 is 0 Å². The van der Waals surface area contributed by atoms with Crippen molar-refractivity contribution in [1.82, 2.24) is 4.90 Å². The van der Waals surface area contributed by atoms with E-state index < -0.39 is 16.3 Å². The van der Waals surface area contributed by atoms with Gasteiger partial charge < -0.3 is 4.74 Å². The van der Waals surface area contributed by atoms with Gasteiger partial charge in [-0.25, -0.2) is 4.18 Å². The number of ether oxygens (including phenoxy) is 1. The Hall–Kier alpha value is -0.950. The summed E-state index contributed by atoms with van der Waals surface area (Å²) in [6, 6.07) is 9.89. The van der Waals surface area contributed by atoms with Gasteiger partial charge in [0.15, 0.2) is 6.23 Å². The van der Waals surface area contributed by atoms with Crippen LogP contribution in [0.1, 0.15) is 5.56 Å². The van der Waals surface area contributed by atoms with Crippen molar-refractivity contribution in [2.45, 2.75) is 12.8 Å². The van der Waals surface area contributed by atoms with Crippen molar-refractivity contribution in [2.24, 2.45) is 0 Å². The lowest BCUT2D eigenvalue weighted by Gasteiger charge is -2.34. The van der Waals surface area contributed by atoms with E-state index in [1.165, 1.54) is 0 Å². The summed E-state index contributed by atoms with van der Waals surface area (Å²) in [7, 11) is -3.47. The molecule has 1 aromatic carbocycles. The summed E-state index contributed by atoms with van der Waals surface area (Å²) >= 11 is 0. The van der Waals surface area contributed by atoms with Crippen molar-refractivity contribution < 1.29 is 17.3 Å². The summed E-state index contributed by atoms with van der Waals surface area (Å²) in [4.78, 5) is 1.97. The lowest BCUT2D eigenvalue weighted by Crippen LogP contribution is -2.47. The molecule has 100 valence electrons. The second-order valence-corrected chi connectivity index (χ2v) is 5.89. The van der Waals surface area contributed by atoms with Gasteiger partial charge in [-0.05, 0) is 5.56 Å². The van der Waals surface area contributed by atoms with Crippen molar-refractivity contribution in [3.8, 4) is 0 Å². The zero-order valence-corrected chi connectivity index (χ0v) is 11.1. The van der Waals surface area contributed by atoms with Gasteiger partial charge in [0.25, 0.3) is 10.1 Å². The fourth-order valence-electron chi connectivity index (χ4n) is 1.90. The van der Waals surface area contributed by atoms with Crippen molar-refractivity contribution in [2.75, 3.05) is 26.0 Å². The predicted molar refractivity (Wildman–Crippen MR) is 67.4 cm³/mol. The summed E-state index contributed by atoms with van der Waals surface area (Å²) < 4.78 is 32.7. The van der Waals surface area contributed by atoms with E-state index in [1.807, 2.05) is 35.2 Å². The number of nitrogens with zero attached hydrogens (tertiary/aromatic N) is 1. The van der Waals surface area contributed by atoms with Crippen LogP contribution in [0.2, 0.25) is 0 Å². The van der Waals surface area contributed by atoms with Crippen molar-refractivity contribution in [3.05, 3.63) is 35.9 Å². The van der Waals surface area contributed by atoms with E-state index in [0.717, 1.165) is 11.8 Å². The van der Waals surface area contributed by atoms with Crippen LogP contribution >= 0.6 is 0 Å². The second-order valence-electron chi connectivity index (χ2n) is 4.29. The van der Waals surface area contributed by atoms with Crippen LogP contribution in [-0.2, 0) is 25.6 Å². The van der Waals surface area contributed by atoms with E-state index in [1.54, 1.807) is 0 Å². The first-order chi connectivity index (χ1) is 8.54. The molecule has 6 heteroatoms. The topological polar surface area (TPSA) is 55.8 Å². The molecule has 0 aromatic heterocycles. The number of hydrogen-bond acceptors (Lipinski definition) is 5. The normalized spacial score (nSPS) is 21.9. The van der Waals surface area contributed by atoms with Crippen molar-refractivity contribution in [3.63, 3.8) is 0 Å². The molecule has 1 heterocycles. The molecule has 1 fully saturated rings. The Morgan fingerprint density at radius 1 is 1.39 bits per heavy atom. The van der Waals surface area contributed by atoms with Crippen LogP contribution in [0.15, 0.2) is 30.3 Å². The molecule has 1 aliphatic heterocycles. The lowest BCUT2D eigenvalue weighted by molar-refractivity contribution is -0.0921. The van der Waals surface area contributed by atoms with E-state index in [-0.39, 0.29) is 6.61 Å². The molecule has 0 amide bonds. The summed E-state index contributed by atoms with van der Waals surface area (Å²) in [5.41, 5.74) is 1.13. The molecule has 0 spiro atoms. The standard InChI is InChI=1S/C12H17NO4S/c1-18(14,15)17-12-10-16-8-7-13(12)9-11-5-3-2-4-6-11/h2-6,12H,7-10H2,1H3/t12-/m0/s1. The number of morpholine rings is 1. The molecule has 0 bridgehead atoms. The van der Waals surface area contributed by atoms with Crippen molar-refractivity contribution >= 4 is 10.1 Å². The number of benzene rings is 1. The van der Waals surface area contributed by atoms with Gasteiger partial charge in [-0.15, -0.1) is 0 Å². The Kier molecular flexibility index (Phi) is 4.34. The van der Waals surface area contributed by atoms with Gasteiger partial charge in [0.2, 0.25) is 0 Å². The highest BCUT2D eigenvalue weighted by Gasteiger charge is 2.26. The third-order valence-corrected chi connectivity index (χ3v) is 3.28. The number of rotatable bonds is 4. The summed E-state index contributed by atoms with van der Waals surface area (Å²) in [6.45, 7) is 2.19. The zero-order valence-electron chi connectivity index (χ0n) is 10.3. The Bertz CT molecular complexity index is 474. The Labute approximate surface area is 107 Å². The lowest BCUT2D eigenvalue weighted by atomic mass is 10.2. The first-order valence-electron chi connectivity index (χ1n) is 5.78. The average molecular weight is 271 g/mol. The van der Waals surface area contributed by atoms with Gasteiger partial charge in [0.1, 0.15) is 0 Å². The maximum atomic E-state index is 11.2. The third-order valence-electron chi connectivity index (χ3n) is 2.70. The fourth-order valence-corrected chi connectivity index (χ4v) is 2.49. The molecule has 0 unspecified atom stereocenters. The molecule has 1 aromatic rings. The van der Waals surface area contributed by atoms with E-state index in [0.29, 0.717) is 19.7 Å². The van der Waals surface area contributed by atoms with E-state index in [9.17, 15) is 8.42 Å². The highest BCUT2D eigenvalue weighted by Crippen LogP contribution is 2.14. The molecule has 2 rings (SSSR count). The first kappa shape index (κ1) is 13.5. The van der Waals surface area contributed by atoms with Crippen LogP contribution in [0.3, 0.4) is 0 Å². The minimum Gasteiger partial charge on any atom is -0.376 e. The molecular weight excluding hydrogens is 254 g/mol. The molecule has 1 aliphatic rings. The van der Waals surface area contributed by atoms with Crippen LogP contribution in [-0.4, -0.2) is 45.6 Å². The van der Waals surface area contributed by atoms with Gasteiger partial charge in [0, 0.05) is 13.1 Å². The SMILES string of the molecule is CS(=O)(=O)O[C@H]1COCCN1Cc1ccccc1. The molecule has 0 saturated carbocycles. The largest absolute Gasteiger partial charge is 0.376 e. The summed E-state index contributed by atoms with van der Waals surface area (Å²) in [6.07, 6.45) is 0.524. The first-order valence-corrected chi connectivity index (χ1v) is 7.60. The van der Waals surface area contributed by atoms with E-state index in [2.05, 4.69) is 0 Å². The summed E-state index contributed by atoms with van der Waals surface area (Å²) in [5.74, 6) is 0. The quantitative estimate of drug-likeness (QED) is 0.759. The Morgan fingerprint density at radius 3 is 2.78 bits per heavy atom. The minimum absolute atomic E-state index is 0.278. The van der Waals surface area contributed by atoms with Crippen LogP contribution in [0, 0.1) is 0 Å². The molecule has 1 saturated heterocycles. The average Bonchev–Trinajstić information content (AvgIpc) is 2.31. The molecule has 0 radical (unpaired) electrons. The third kappa shape index (κ3) is 4.06. The second kappa shape index (κ2) is 5.79. The molecule has 5 nitrogen and oxygen atoms in total. The smallest absolute Gasteiger partial charge is 0.266 e.